The summed E-state index contributed by atoms with van der Waals surface area (Å²) < 4.78 is 20.7. The first-order chi connectivity index (χ1) is 13.1. The van der Waals surface area contributed by atoms with Crippen LogP contribution in [0.2, 0.25) is 0 Å². The maximum atomic E-state index is 13.5. The summed E-state index contributed by atoms with van der Waals surface area (Å²) in [5.41, 5.74) is 9.84. The summed E-state index contributed by atoms with van der Waals surface area (Å²) in [7, 11) is 1.52. The van der Waals surface area contributed by atoms with E-state index in [1.165, 1.54) is 19.2 Å². The minimum absolute atomic E-state index is 0.349. The van der Waals surface area contributed by atoms with Crippen LogP contribution in [0.15, 0.2) is 67.0 Å². The normalized spacial score (nSPS) is 10.9. The van der Waals surface area contributed by atoms with Crippen LogP contribution in [0.25, 0.3) is 27.8 Å². The number of amides is 1. The van der Waals surface area contributed by atoms with Crippen LogP contribution in [0.4, 0.5) is 4.39 Å². The monoisotopic (exact) mass is 361 g/mol. The molecule has 0 atom stereocenters. The number of carbonyl (C=O) groups is 1. The Kier molecular flexibility index (Phi) is 4.08. The minimum atomic E-state index is -0.489. The second-order valence-corrected chi connectivity index (χ2v) is 6.08. The first-order valence-electron chi connectivity index (χ1n) is 8.28. The number of hydrogen-bond donors (Lipinski definition) is 1. The van der Waals surface area contributed by atoms with Crippen LogP contribution < -0.4 is 10.5 Å². The maximum absolute atomic E-state index is 13.5. The lowest BCUT2D eigenvalue weighted by molar-refractivity contribution is 0.100. The third-order valence-electron chi connectivity index (χ3n) is 4.43. The molecule has 134 valence electrons. The Morgan fingerprint density at radius 2 is 1.96 bits per heavy atom. The Bertz CT molecular complexity index is 1170. The number of imidazole rings is 1. The predicted octanol–water partition coefficient (Wildman–Crippen LogP) is 3.94. The number of primary amides is 1. The van der Waals surface area contributed by atoms with Crippen molar-refractivity contribution in [1.29, 1.82) is 0 Å². The average Bonchev–Trinajstić information content (AvgIpc) is 3.11. The Balaban J connectivity index is 1.82. The van der Waals surface area contributed by atoms with Crippen LogP contribution >= 0.6 is 0 Å². The van der Waals surface area contributed by atoms with E-state index in [1.807, 2.05) is 34.9 Å². The van der Waals surface area contributed by atoms with Gasteiger partial charge in [-0.3, -0.25) is 9.36 Å². The summed E-state index contributed by atoms with van der Waals surface area (Å²) in [6, 6.07) is 17.4. The molecular weight excluding hydrogens is 345 g/mol. The minimum Gasteiger partial charge on any atom is -0.496 e. The van der Waals surface area contributed by atoms with Crippen molar-refractivity contribution in [3.05, 3.63) is 78.4 Å². The Hall–Kier alpha value is -3.67. The molecule has 6 heteroatoms. The van der Waals surface area contributed by atoms with Crippen LogP contribution in [0.1, 0.15) is 10.4 Å². The molecule has 0 unspecified atom stereocenters. The molecule has 1 aromatic heterocycles. The lowest BCUT2D eigenvalue weighted by Crippen LogP contribution is -2.10. The summed E-state index contributed by atoms with van der Waals surface area (Å²) in [5, 5.41) is 0. The highest BCUT2D eigenvalue weighted by Crippen LogP contribution is 2.32. The number of nitrogens with zero attached hydrogens (tertiary/aromatic N) is 2. The fourth-order valence-corrected chi connectivity index (χ4v) is 3.10. The lowest BCUT2D eigenvalue weighted by Gasteiger charge is -2.11. The van der Waals surface area contributed by atoms with Gasteiger partial charge in [-0.1, -0.05) is 12.1 Å². The zero-order valence-electron chi connectivity index (χ0n) is 14.5. The van der Waals surface area contributed by atoms with E-state index in [9.17, 15) is 9.18 Å². The van der Waals surface area contributed by atoms with Gasteiger partial charge in [-0.2, -0.15) is 0 Å². The first-order valence-corrected chi connectivity index (χ1v) is 8.28. The highest BCUT2D eigenvalue weighted by molar-refractivity contribution is 5.96. The number of aromatic nitrogens is 2. The summed E-state index contributed by atoms with van der Waals surface area (Å²) in [5.74, 6) is -0.372. The number of rotatable bonds is 4. The number of benzene rings is 3. The van der Waals surface area contributed by atoms with E-state index in [0.717, 1.165) is 22.3 Å². The SMILES string of the molecule is COc1cc(F)ccc1-c1cccc(-n2cnc3cc(C(N)=O)ccc32)c1. The highest BCUT2D eigenvalue weighted by atomic mass is 19.1. The molecule has 0 fully saturated rings. The summed E-state index contributed by atoms with van der Waals surface area (Å²) in [4.78, 5) is 15.7. The third-order valence-corrected chi connectivity index (χ3v) is 4.43. The quantitative estimate of drug-likeness (QED) is 0.598. The van der Waals surface area contributed by atoms with E-state index < -0.39 is 5.91 Å². The predicted molar refractivity (Wildman–Crippen MR) is 102 cm³/mol. The molecule has 1 heterocycles. The molecular formula is C21H16FN3O2. The van der Waals surface area contributed by atoms with Crippen LogP contribution in [0.5, 0.6) is 5.75 Å². The number of fused-ring (bicyclic) bond motifs is 1. The average molecular weight is 361 g/mol. The van der Waals surface area contributed by atoms with E-state index in [4.69, 9.17) is 10.5 Å². The van der Waals surface area contributed by atoms with Crippen molar-refractivity contribution >= 4 is 16.9 Å². The van der Waals surface area contributed by atoms with Crippen molar-refractivity contribution < 1.29 is 13.9 Å². The van der Waals surface area contributed by atoms with Crippen molar-refractivity contribution in [2.24, 2.45) is 5.73 Å². The number of hydrogen-bond acceptors (Lipinski definition) is 3. The van der Waals surface area contributed by atoms with Crippen LogP contribution in [0, 0.1) is 5.82 Å². The van der Waals surface area contributed by atoms with Crippen molar-refractivity contribution in [2.75, 3.05) is 7.11 Å². The molecule has 2 N–H and O–H groups in total. The van der Waals surface area contributed by atoms with Crippen molar-refractivity contribution in [1.82, 2.24) is 9.55 Å². The van der Waals surface area contributed by atoms with Gasteiger partial charge in [-0.15, -0.1) is 0 Å². The van der Waals surface area contributed by atoms with Gasteiger partial charge in [-0.05, 0) is 48.0 Å². The molecule has 5 nitrogen and oxygen atoms in total. The Morgan fingerprint density at radius 3 is 2.74 bits per heavy atom. The van der Waals surface area contributed by atoms with E-state index in [1.54, 1.807) is 24.5 Å². The number of methoxy groups -OCH3 is 1. The van der Waals surface area contributed by atoms with Gasteiger partial charge in [0.1, 0.15) is 17.9 Å². The van der Waals surface area contributed by atoms with E-state index in [0.29, 0.717) is 16.8 Å². The van der Waals surface area contributed by atoms with Gasteiger partial charge in [0.25, 0.3) is 0 Å². The molecule has 3 aromatic carbocycles. The maximum Gasteiger partial charge on any atom is 0.248 e. The van der Waals surface area contributed by atoms with E-state index >= 15 is 0 Å². The summed E-state index contributed by atoms with van der Waals surface area (Å²) in [6.07, 6.45) is 1.69. The van der Waals surface area contributed by atoms with Gasteiger partial charge < -0.3 is 10.5 Å². The van der Waals surface area contributed by atoms with Gasteiger partial charge in [0.2, 0.25) is 5.91 Å². The van der Waals surface area contributed by atoms with Gasteiger partial charge in [0, 0.05) is 22.9 Å². The van der Waals surface area contributed by atoms with Crippen molar-refractivity contribution in [2.45, 2.75) is 0 Å². The standard InChI is InChI=1S/C21H16FN3O2/c1-27-20-11-15(22)6-7-17(20)13-3-2-4-16(9-13)25-12-24-18-10-14(21(23)26)5-8-19(18)25/h2-12H,1H3,(H2,23,26). The molecule has 0 spiro atoms. The number of halogens is 1. The third kappa shape index (κ3) is 3.01. The van der Waals surface area contributed by atoms with Gasteiger partial charge >= 0.3 is 0 Å². The molecule has 0 aliphatic carbocycles. The number of carbonyl (C=O) groups excluding carboxylic acids is 1. The number of nitrogens with two attached hydrogens (primary N) is 1. The van der Waals surface area contributed by atoms with Crippen LogP contribution in [-0.4, -0.2) is 22.6 Å². The second-order valence-electron chi connectivity index (χ2n) is 6.08. The fraction of sp³-hybridized carbons (Fsp3) is 0.0476. The van der Waals surface area contributed by atoms with Gasteiger partial charge in [-0.25, -0.2) is 9.37 Å². The van der Waals surface area contributed by atoms with E-state index in [-0.39, 0.29) is 5.82 Å². The molecule has 0 radical (unpaired) electrons. The fourth-order valence-electron chi connectivity index (χ4n) is 3.10. The lowest BCUT2D eigenvalue weighted by atomic mass is 10.0. The molecule has 0 saturated heterocycles. The number of ether oxygens (including phenoxy) is 1. The molecule has 1 amide bonds. The van der Waals surface area contributed by atoms with Crippen LogP contribution in [-0.2, 0) is 0 Å². The molecule has 4 aromatic rings. The molecule has 0 aliphatic heterocycles. The zero-order chi connectivity index (χ0) is 19.0. The topological polar surface area (TPSA) is 70.1 Å². The molecule has 4 rings (SSSR count). The smallest absolute Gasteiger partial charge is 0.248 e. The summed E-state index contributed by atoms with van der Waals surface area (Å²) >= 11 is 0. The highest BCUT2D eigenvalue weighted by Gasteiger charge is 2.11. The zero-order valence-corrected chi connectivity index (χ0v) is 14.5. The molecule has 27 heavy (non-hydrogen) atoms. The summed E-state index contributed by atoms with van der Waals surface area (Å²) in [6.45, 7) is 0. The Morgan fingerprint density at radius 1 is 1.11 bits per heavy atom. The first kappa shape index (κ1) is 16.8. The molecule has 0 saturated carbocycles. The van der Waals surface area contributed by atoms with Crippen molar-refractivity contribution in [3.63, 3.8) is 0 Å². The molecule has 0 bridgehead atoms. The van der Waals surface area contributed by atoms with Gasteiger partial charge in [0.05, 0.1) is 18.1 Å². The second kappa shape index (κ2) is 6.57. The largest absolute Gasteiger partial charge is 0.496 e. The molecule has 0 aliphatic rings. The van der Waals surface area contributed by atoms with Crippen molar-refractivity contribution in [3.8, 4) is 22.6 Å². The van der Waals surface area contributed by atoms with E-state index in [2.05, 4.69) is 4.98 Å². The van der Waals surface area contributed by atoms with Gasteiger partial charge in [0.15, 0.2) is 0 Å². The Labute approximate surface area is 154 Å². The van der Waals surface area contributed by atoms with Crippen LogP contribution in [0.3, 0.4) is 0 Å².